The van der Waals surface area contributed by atoms with Crippen LogP contribution in [0.1, 0.15) is 60.7 Å². The number of ether oxygens (including phenoxy) is 3. The maximum atomic E-state index is 12.5. The Kier molecular flexibility index (Phi) is 10.0. The highest BCUT2D eigenvalue weighted by atomic mass is 35.5. The Morgan fingerprint density at radius 3 is 2.28 bits per heavy atom. The number of nitrogens with one attached hydrogen (secondary N) is 1. The molecule has 0 unspecified atom stereocenters. The third-order valence-electron chi connectivity index (χ3n) is 4.30. The van der Waals surface area contributed by atoms with Gasteiger partial charge in [-0.15, -0.1) is 0 Å². The summed E-state index contributed by atoms with van der Waals surface area (Å²) in [5.41, 5.74) is 1.12. The van der Waals surface area contributed by atoms with Crippen molar-refractivity contribution in [3.63, 3.8) is 0 Å². The van der Waals surface area contributed by atoms with Gasteiger partial charge in [0.25, 0.3) is 0 Å². The molecule has 2 aromatic carbocycles. The van der Waals surface area contributed by atoms with Gasteiger partial charge in [-0.25, -0.2) is 4.79 Å². The molecule has 1 N–H and O–H groups in total. The summed E-state index contributed by atoms with van der Waals surface area (Å²) < 4.78 is 16.3. The van der Waals surface area contributed by atoms with Crippen molar-refractivity contribution in [3.05, 3.63) is 52.5 Å². The lowest BCUT2D eigenvalue weighted by molar-refractivity contribution is -0.116. The van der Waals surface area contributed by atoms with Crippen LogP contribution in [0.5, 0.6) is 11.5 Å². The first-order valence-electron chi connectivity index (χ1n) is 10.6. The number of hydrogen-bond acceptors (Lipinski definition) is 6. The molecule has 0 radical (unpaired) electrons. The Morgan fingerprint density at radius 1 is 0.938 bits per heavy atom. The van der Waals surface area contributed by atoms with Gasteiger partial charge in [-0.1, -0.05) is 25.4 Å². The van der Waals surface area contributed by atoms with E-state index in [4.69, 9.17) is 25.8 Å². The number of benzene rings is 2. The predicted molar refractivity (Wildman–Crippen MR) is 123 cm³/mol. The molecule has 0 bridgehead atoms. The molecule has 0 aliphatic rings. The van der Waals surface area contributed by atoms with Gasteiger partial charge in [-0.3, -0.25) is 9.59 Å². The number of esters is 1. The Bertz CT molecular complexity index is 942. The molecule has 0 saturated carbocycles. The summed E-state index contributed by atoms with van der Waals surface area (Å²) in [7, 11) is 0. The van der Waals surface area contributed by atoms with Gasteiger partial charge in [0, 0.05) is 17.7 Å². The van der Waals surface area contributed by atoms with Crippen molar-refractivity contribution >= 4 is 34.9 Å². The van der Waals surface area contributed by atoms with Crippen molar-refractivity contribution in [3.8, 4) is 11.5 Å². The van der Waals surface area contributed by atoms with Crippen LogP contribution < -0.4 is 14.8 Å². The van der Waals surface area contributed by atoms with Crippen LogP contribution in [0.2, 0.25) is 5.02 Å². The zero-order valence-corrected chi connectivity index (χ0v) is 19.3. The van der Waals surface area contributed by atoms with E-state index in [1.54, 1.807) is 24.3 Å². The summed E-state index contributed by atoms with van der Waals surface area (Å²) in [5.74, 6) is -0.450. The molecule has 0 saturated heterocycles. The van der Waals surface area contributed by atoms with E-state index in [0.717, 1.165) is 12.8 Å². The van der Waals surface area contributed by atoms with E-state index in [1.807, 2.05) is 20.8 Å². The number of rotatable bonds is 12. The summed E-state index contributed by atoms with van der Waals surface area (Å²) in [5, 5.41) is 2.97. The maximum absolute atomic E-state index is 12.5. The SMILES string of the molecule is CCCOc1c(Cl)cc(C(=O)OCC(=O)c2ccc(NC(=O)CCC)cc2)cc1OCC. The molecular formula is C24H28ClNO6. The molecular weight excluding hydrogens is 434 g/mol. The van der Waals surface area contributed by atoms with Crippen molar-refractivity contribution in [2.45, 2.75) is 40.0 Å². The molecule has 172 valence electrons. The van der Waals surface area contributed by atoms with Gasteiger partial charge in [0.05, 0.1) is 23.8 Å². The zero-order valence-electron chi connectivity index (χ0n) is 18.5. The van der Waals surface area contributed by atoms with Gasteiger partial charge in [0.2, 0.25) is 5.91 Å². The van der Waals surface area contributed by atoms with E-state index in [9.17, 15) is 14.4 Å². The minimum absolute atomic E-state index is 0.0864. The van der Waals surface area contributed by atoms with Crippen molar-refractivity contribution in [2.24, 2.45) is 0 Å². The second-order valence-corrected chi connectivity index (χ2v) is 7.35. The van der Waals surface area contributed by atoms with Crippen LogP contribution in [0.15, 0.2) is 36.4 Å². The number of ketones is 1. The van der Waals surface area contributed by atoms with Gasteiger partial charge < -0.3 is 19.5 Å². The number of carbonyl (C=O) groups is 3. The number of amides is 1. The fourth-order valence-corrected chi connectivity index (χ4v) is 3.05. The van der Waals surface area contributed by atoms with Crippen molar-refractivity contribution in [1.29, 1.82) is 0 Å². The van der Waals surface area contributed by atoms with Crippen molar-refractivity contribution in [2.75, 3.05) is 25.1 Å². The van der Waals surface area contributed by atoms with E-state index < -0.39 is 12.6 Å². The van der Waals surface area contributed by atoms with E-state index in [0.29, 0.717) is 42.4 Å². The minimum atomic E-state index is -0.702. The molecule has 1 amide bonds. The Labute approximate surface area is 193 Å². The second-order valence-electron chi connectivity index (χ2n) is 6.94. The number of halogens is 1. The smallest absolute Gasteiger partial charge is 0.338 e. The van der Waals surface area contributed by atoms with Crippen LogP contribution in [0, 0.1) is 0 Å². The quantitative estimate of drug-likeness (QED) is 0.340. The molecule has 0 fully saturated rings. The Balaban J connectivity index is 2.02. The van der Waals surface area contributed by atoms with E-state index in [2.05, 4.69) is 5.32 Å². The van der Waals surface area contributed by atoms with Gasteiger partial charge in [-0.05, 0) is 56.2 Å². The molecule has 0 spiro atoms. The monoisotopic (exact) mass is 461 g/mol. The molecule has 2 aromatic rings. The maximum Gasteiger partial charge on any atom is 0.338 e. The summed E-state index contributed by atoms with van der Waals surface area (Å²) >= 11 is 6.27. The third-order valence-corrected chi connectivity index (χ3v) is 4.58. The van der Waals surface area contributed by atoms with Crippen LogP contribution in [0.4, 0.5) is 5.69 Å². The summed E-state index contributed by atoms with van der Waals surface area (Å²) in [6.07, 6.45) is 1.97. The van der Waals surface area contributed by atoms with Crippen molar-refractivity contribution in [1.82, 2.24) is 0 Å². The molecule has 0 aliphatic heterocycles. The summed E-state index contributed by atoms with van der Waals surface area (Å²) in [6, 6.07) is 9.32. The lowest BCUT2D eigenvalue weighted by Crippen LogP contribution is -2.15. The average Bonchev–Trinajstić information content (AvgIpc) is 2.77. The highest BCUT2D eigenvalue weighted by Gasteiger charge is 2.18. The molecule has 0 atom stereocenters. The highest BCUT2D eigenvalue weighted by molar-refractivity contribution is 6.32. The zero-order chi connectivity index (χ0) is 23.5. The third kappa shape index (κ3) is 7.27. The number of carbonyl (C=O) groups excluding carboxylic acids is 3. The Hall–Kier alpha value is -3.06. The second kappa shape index (κ2) is 12.7. The predicted octanol–water partition coefficient (Wildman–Crippen LogP) is 5.31. The normalized spacial score (nSPS) is 10.4. The highest BCUT2D eigenvalue weighted by Crippen LogP contribution is 2.37. The Morgan fingerprint density at radius 2 is 1.66 bits per heavy atom. The topological polar surface area (TPSA) is 90.9 Å². The van der Waals surface area contributed by atoms with Gasteiger partial charge in [-0.2, -0.15) is 0 Å². The minimum Gasteiger partial charge on any atom is -0.490 e. The number of Topliss-reactive ketones (excluding diaryl/α,β-unsaturated/α-hetero) is 1. The molecule has 8 heteroatoms. The van der Waals surface area contributed by atoms with E-state index >= 15 is 0 Å². The molecule has 7 nitrogen and oxygen atoms in total. The number of anilines is 1. The van der Waals surface area contributed by atoms with E-state index in [1.165, 1.54) is 12.1 Å². The van der Waals surface area contributed by atoms with Gasteiger partial charge >= 0.3 is 5.97 Å². The standard InChI is InChI=1S/C24H28ClNO6/c1-4-7-22(28)26-18-10-8-16(9-11-18)20(27)15-32-24(29)17-13-19(25)23(31-12-5-2)21(14-17)30-6-3/h8-11,13-14H,4-7,12,15H2,1-3H3,(H,26,28). The largest absolute Gasteiger partial charge is 0.490 e. The molecule has 2 rings (SSSR count). The first-order chi connectivity index (χ1) is 15.4. The average molecular weight is 462 g/mol. The lowest BCUT2D eigenvalue weighted by Gasteiger charge is -2.14. The first kappa shape index (κ1) is 25.2. The van der Waals surface area contributed by atoms with Crippen LogP contribution in [-0.2, 0) is 9.53 Å². The first-order valence-corrected chi connectivity index (χ1v) is 11.0. The van der Waals surface area contributed by atoms with Crippen LogP contribution >= 0.6 is 11.6 Å². The van der Waals surface area contributed by atoms with E-state index in [-0.39, 0.29) is 22.3 Å². The summed E-state index contributed by atoms with van der Waals surface area (Å²) in [6.45, 7) is 6.08. The van der Waals surface area contributed by atoms with Crippen LogP contribution in [-0.4, -0.2) is 37.5 Å². The molecule has 0 aliphatic carbocycles. The molecule has 32 heavy (non-hydrogen) atoms. The van der Waals surface area contributed by atoms with Crippen LogP contribution in [0.25, 0.3) is 0 Å². The molecule has 0 heterocycles. The van der Waals surface area contributed by atoms with Gasteiger partial charge in [0.1, 0.15) is 0 Å². The fourth-order valence-electron chi connectivity index (χ4n) is 2.78. The lowest BCUT2D eigenvalue weighted by atomic mass is 10.1. The number of hydrogen-bond donors (Lipinski definition) is 1. The van der Waals surface area contributed by atoms with Crippen LogP contribution in [0.3, 0.4) is 0 Å². The molecule has 0 aromatic heterocycles. The van der Waals surface area contributed by atoms with Gasteiger partial charge in [0.15, 0.2) is 23.9 Å². The fraction of sp³-hybridized carbons (Fsp3) is 0.375. The van der Waals surface area contributed by atoms with Crippen molar-refractivity contribution < 1.29 is 28.6 Å². The summed E-state index contributed by atoms with van der Waals surface area (Å²) in [4.78, 5) is 36.5.